The minimum Gasteiger partial charge on any atom is -0.403 e. The van der Waals surface area contributed by atoms with Crippen LogP contribution in [-0.2, 0) is 0 Å². The average molecular weight is 245 g/mol. The van der Waals surface area contributed by atoms with Gasteiger partial charge in [0.15, 0.2) is 11.6 Å². The first-order chi connectivity index (χ1) is 7.92. The Balaban J connectivity index is 2.84. The van der Waals surface area contributed by atoms with Crippen molar-refractivity contribution in [3.63, 3.8) is 0 Å². The van der Waals surface area contributed by atoms with Gasteiger partial charge in [0.1, 0.15) is 0 Å². The minimum absolute atomic E-state index is 0.141. The molecule has 0 radical (unpaired) electrons. The molecule has 1 aromatic carbocycles. The van der Waals surface area contributed by atoms with Crippen molar-refractivity contribution >= 4 is 6.08 Å². The monoisotopic (exact) mass is 245 g/mol. The van der Waals surface area contributed by atoms with E-state index in [1.165, 1.54) is 18.2 Å². The highest BCUT2D eigenvalue weighted by Crippen LogP contribution is 2.26. The molecule has 1 aromatic rings. The third-order valence-electron chi connectivity index (χ3n) is 1.70. The van der Waals surface area contributed by atoms with Gasteiger partial charge < -0.3 is 4.74 Å². The number of nitrogens with zero attached hydrogens (tertiary/aromatic N) is 1. The highest BCUT2D eigenvalue weighted by molar-refractivity contribution is 5.51. The number of halogens is 4. The van der Waals surface area contributed by atoms with Crippen molar-refractivity contribution in [2.75, 3.05) is 0 Å². The van der Waals surface area contributed by atoms with E-state index in [1.54, 1.807) is 0 Å². The molecule has 0 saturated carbocycles. The van der Waals surface area contributed by atoms with Crippen molar-refractivity contribution in [2.24, 2.45) is 0 Å². The van der Waals surface area contributed by atoms with E-state index in [2.05, 4.69) is 4.74 Å². The van der Waals surface area contributed by atoms with Gasteiger partial charge in [0.25, 0.3) is 0 Å². The van der Waals surface area contributed by atoms with Crippen LogP contribution in [-0.4, -0.2) is 6.36 Å². The van der Waals surface area contributed by atoms with Crippen molar-refractivity contribution < 1.29 is 22.3 Å². The summed E-state index contributed by atoms with van der Waals surface area (Å²) in [5, 5.41) is 8.25. The number of hydrogen-bond donors (Lipinski definition) is 0. The van der Waals surface area contributed by atoms with Gasteiger partial charge in [0.2, 0.25) is 0 Å². The van der Waals surface area contributed by atoms with E-state index < -0.39 is 17.9 Å². The zero-order valence-electron chi connectivity index (χ0n) is 8.46. The number of hydrogen-bond acceptors (Lipinski definition) is 2. The largest absolute Gasteiger partial charge is 0.573 e. The Bertz CT molecular complexity index is 460. The van der Waals surface area contributed by atoms with Crippen LogP contribution in [0.2, 0.25) is 0 Å². The van der Waals surface area contributed by atoms with Gasteiger partial charge in [-0.15, -0.1) is 13.2 Å². The van der Waals surface area contributed by atoms with Gasteiger partial charge in [0, 0.05) is 0 Å². The molecular formula is C11H7F4NO. The molecule has 1 rings (SSSR count). The molecule has 0 spiro atoms. The predicted octanol–water partition coefficient (Wildman–Crippen LogP) is 3.65. The molecule has 0 heterocycles. The average Bonchev–Trinajstić information content (AvgIpc) is 2.21. The van der Waals surface area contributed by atoms with Gasteiger partial charge >= 0.3 is 6.36 Å². The maximum absolute atomic E-state index is 13.2. The molecule has 17 heavy (non-hydrogen) atoms. The van der Waals surface area contributed by atoms with Gasteiger partial charge in [-0.2, -0.15) is 5.26 Å². The van der Waals surface area contributed by atoms with Gasteiger partial charge in [-0.25, -0.2) is 4.39 Å². The van der Waals surface area contributed by atoms with Crippen LogP contribution in [0.4, 0.5) is 17.6 Å². The maximum Gasteiger partial charge on any atom is 0.573 e. The van der Waals surface area contributed by atoms with E-state index in [0.717, 1.165) is 12.1 Å². The molecule has 2 nitrogen and oxygen atoms in total. The number of allylic oxidation sites excluding steroid dienone is 1. The van der Waals surface area contributed by atoms with Gasteiger partial charge in [0.05, 0.1) is 12.5 Å². The standard InChI is InChI=1S/C11H7F4NO/c12-9-7-8(3-1-2-6-16)4-5-10(9)17-11(13,14)15/h1,3-5,7H,2H2. The third kappa shape index (κ3) is 4.55. The van der Waals surface area contributed by atoms with E-state index in [0.29, 0.717) is 5.56 Å². The Kier molecular flexibility index (Phi) is 4.10. The van der Waals surface area contributed by atoms with Gasteiger partial charge in [-0.3, -0.25) is 0 Å². The topological polar surface area (TPSA) is 33.0 Å². The van der Waals surface area contributed by atoms with Crippen molar-refractivity contribution in [3.8, 4) is 11.8 Å². The molecule has 0 fully saturated rings. The van der Waals surface area contributed by atoms with Gasteiger partial charge in [-0.1, -0.05) is 18.2 Å². The lowest BCUT2D eigenvalue weighted by molar-refractivity contribution is -0.275. The van der Waals surface area contributed by atoms with Crippen LogP contribution in [0.3, 0.4) is 0 Å². The van der Waals surface area contributed by atoms with Crippen molar-refractivity contribution in [3.05, 3.63) is 35.7 Å². The Labute approximate surface area is 94.7 Å². The lowest BCUT2D eigenvalue weighted by atomic mass is 10.2. The zero-order chi connectivity index (χ0) is 12.9. The number of ether oxygens (including phenoxy) is 1. The summed E-state index contributed by atoms with van der Waals surface area (Å²) in [4.78, 5) is 0. The van der Waals surface area contributed by atoms with E-state index >= 15 is 0 Å². The van der Waals surface area contributed by atoms with Crippen molar-refractivity contribution in [2.45, 2.75) is 12.8 Å². The van der Waals surface area contributed by atoms with Crippen LogP contribution >= 0.6 is 0 Å². The molecule has 0 bridgehead atoms. The SMILES string of the molecule is N#CCC=Cc1ccc(OC(F)(F)F)c(F)c1. The normalized spacial score (nSPS) is 11.5. The fraction of sp³-hybridized carbons (Fsp3) is 0.182. The molecule has 0 unspecified atom stereocenters. The first-order valence-corrected chi connectivity index (χ1v) is 4.51. The van der Waals surface area contributed by atoms with Crippen LogP contribution < -0.4 is 4.74 Å². The highest BCUT2D eigenvalue weighted by Gasteiger charge is 2.32. The molecule has 0 aliphatic heterocycles. The molecule has 90 valence electrons. The summed E-state index contributed by atoms with van der Waals surface area (Å²) in [6, 6.07) is 4.88. The second-order valence-corrected chi connectivity index (χ2v) is 3.00. The molecule has 0 aliphatic rings. The van der Waals surface area contributed by atoms with Crippen molar-refractivity contribution in [1.82, 2.24) is 0 Å². The lowest BCUT2D eigenvalue weighted by Crippen LogP contribution is -2.17. The molecule has 0 aromatic heterocycles. The summed E-state index contributed by atoms with van der Waals surface area (Å²) < 4.78 is 52.1. The summed E-state index contributed by atoms with van der Waals surface area (Å²) in [6.45, 7) is 0. The fourth-order valence-electron chi connectivity index (χ4n) is 1.08. The summed E-state index contributed by atoms with van der Waals surface area (Å²) in [7, 11) is 0. The second-order valence-electron chi connectivity index (χ2n) is 3.00. The Morgan fingerprint density at radius 1 is 1.35 bits per heavy atom. The smallest absolute Gasteiger partial charge is 0.403 e. The maximum atomic E-state index is 13.2. The number of benzene rings is 1. The van der Waals surface area contributed by atoms with Crippen LogP contribution in [0, 0.1) is 17.1 Å². The Morgan fingerprint density at radius 2 is 2.06 bits per heavy atom. The summed E-state index contributed by atoms with van der Waals surface area (Å²) >= 11 is 0. The molecule has 0 saturated heterocycles. The molecule has 0 atom stereocenters. The van der Waals surface area contributed by atoms with Crippen LogP contribution in [0.15, 0.2) is 24.3 Å². The van der Waals surface area contributed by atoms with E-state index in [1.807, 2.05) is 6.07 Å². The number of alkyl halides is 3. The van der Waals surface area contributed by atoms with Crippen LogP contribution in [0.25, 0.3) is 6.08 Å². The highest BCUT2D eigenvalue weighted by atomic mass is 19.4. The van der Waals surface area contributed by atoms with Gasteiger partial charge in [-0.05, 0) is 17.7 Å². The Morgan fingerprint density at radius 3 is 2.59 bits per heavy atom. The number of rotatable bonds is 3. The third-order valence-corrected chi connectivity index (χ3v) is 1.70. The van der Waals surface area contributed by atoms with Crippen molar-refractivity contribution in [1.29, 1.82) is 5.26 Å². The minimum atomic E-state index is -4.92. The summed E-state index contributed by atoms with van der Waals surface area (Å²) in [6.07, 6.45) is -1.87. The molecular weight excluding hydrogens is 238 g/mol. The van der Waals surface area contributed by atoms with E-state index in [-0.39, 0.29) is 6.42 Å². The molecule has 0 amide bonds. The molecule has 6 heteroatoms. The lowest BCUT2D eigenvalue weighted by Gasteiger charge is -2.09. The molecule has 0 aliphatic carbocycles. The quantitative estimate of drug-likeness (QED) is 0.761. The summed E-state index contributed by atoms with van der Waals surface area (Å²) in [5.74, 6) is -1.99. The predicted molar refractivity (Wildman–Crippen MR) is 52.3 cm³/mol. The fourth-order valence-corrected chi connectivity index (χ4v) is 1.08. The zero-order valence-corrected chi connectivity index (χ0v) is 8.46. The second kappa shape index (κ2) is 5.34. The molecule has 0 N–H and O–H groups in total. The van der Waals surface area contributed by atoms with Crippen LogP contribution in [0.5, 0.6) is 5.75 Å². The first-order valence-electron chi connectivity index (χ1n) is 4.51. The van der Waals surface area contributed by atoms with Crippen LogP contribution in [0.1, 0.15) is 12.0 Å². The Hall–Kier alpha value is -2.03. The van der Waals surface area contributed by atoms with E-state index in [4.69, 9.17) is 5.26 Å². The van der Waals surface area contributed by atoms with E-state index in [9.17, 15) is 17.6 Å². The first kappa shape index (κ1) is 13.0. The summed E-state index contributed by atoms with van der Waals surface area (Å²) in [5.41, 5.74) is 0.354. The number of nitriles is 1.